The Morgan fingerprint density at radius 3 is 2.76 bits per heavy atom. The van der Waals surface area contributed by atoms with Crippen molar-refractivity contribution in [1.82, 2.24) is 15.5 Å². The first-order valence-electron chi connectivity index (χ1n) is 9.54. The molecule has 1 saturated heterocycles. The molecule has 140 valence electrons. The van der Waals surface area contributed by atoms with Gasteiger partial charge in [0.25, 0.3) is 0 Å². The van der Waals surface area contributed by atoms with Crippen LogP contribution in [-0.4, -0.2) is 48.3 Å². The van der Waals surface area contributed by atoms with E-state index < -0.39 is 0 Å². The molecule has 2 amide bonds. The van der Waals surface area contributed by atoms with Crippen molar-refractivity contribution in [3.05, 3.63) is 35.9 Å². The van der Waals surface area contributed by atoms with Gasteiger partial charge >= 0.3 is 6.03 Å². The van der Waals surface area contributed by atoms with Crippen LogP contribution in [0.1, 0.15) is 51.1 Å². The van der Waals surface area contributed by atoms with Gasteiger partial charge in [-0.1, -0.05) is 30.3 Å². The van der Waals surface area contributed by atoms with E-state index in [1.54, 1.807) is 0 Å². The van der Waals surface area contributed by atoms with E-state index in [9.17, 15) is 4.79 Å². The zero-order valence-corrected chi connectivity index (χ0v) is 15.6. The zero-order chi connectivity index (χ0) is 18.1. The molecule has 1 aromatic rings. The highest BCUT2D eigenvalue weighted by molar-refractivity contribution is 5.74. The summed E-state index contributed by atoms with van der Waals surface area (Å²) in [5.74, 6) is 0.523. The fourth-order valence-corrected chi connectivity index (χ4v) is 3.48. The lowest BCUT2D eigenvalue weighted by atomic mass is 9.97. The SMILES string of the molecule is CC(C)N1CCCC(CNC(=O)NC(CCCO)c2ccccc2)C1. The van der Waals surface area contributed by atoms with Gasteiger partial charge in [-0.05, 0) is 57.6 Å². The maximum atomic E-state index is 12.3. The van der Waals surface area contributed by atoms with Crippen molar-refractivity contribution >= 4 is 6.03 Å². The van der Waals surface area contributed by atoms with Crippen LogP contribution in [0.25, 0.3) is 0 Å². The fourth-order valence-electron chi connectivity index (χ4n) is 3.48. The summed E-state index contributed by atoms with van der Waals surface area (Å²) >= 11 is 0. The van der Waals surface area contributed by atoms with Crippen LogP contribution in [0.3, 0.4) is 0 Å². The molecule has 0 aromatic heterocycles. The number of nitrogens with one attached hydrogen (secondary N) is 2. The summed E-state index contributed by atoms with van der Waals surface area (Å²) in [7, 11) is 0. The Balaban J connectivity index is 1.82. The smallest absolute Gasteiger partial charge is 0.315 e. The topological polar surface area (TPSA) is 64.6 Å². The van der Waals surface area contributed by atoms with E-state index in [4.69, 9.17) is 5.11 Å². The van der Waals surface area contributed by atoms with Crippen molar-refractivity contribution in [2.75, 3.05) is 26.2 Å². The number of hydrogen-bond donors (Lipinski definition) is 3. The summed E-state index contributed by atoms with van der Waals surface area (Å²) in [5.41, 5.74) is 1.08. The molecule has 1 aromatic carbocycles. The number of nitrogens with zero attached hydrogens (tertiary/aromatic N) is 1. The molecule has 2 unspecified atom stereocenters. The Bertz CT molecular complexity index is 507. The lowest BCUT2D eigenvalue weighted by Gasteiger charge is -2.35. The summed E-state index contributed by atoms with van der Waals surface area (Å²) in [4.78, 5) is 14.8. The number of aliphatic hydroxyl groups is 1. The van der Waals surface area contributed by atoms with Gasteiger partial charge in [-0.2, -0.15) is 0 Å². The molecule has 5 nitrogen and oxygen atoms in total. The average molecular weight is 348 g/mol. The van der Waals surface area contributed by atoms with Crippen LogP contribution in [0, 0.1) is 5.92 Å². The van der Waals surface area contributed by atoms with Crippen LogP contribution in [0.2, 0.25) is 0 Å². The molecule has 2 rings (SSSR count). The van der Waals surface area contributed by atoms with Crippen molar-refractivity contribution in [3.8, 4) is 0 Å². The minimum atomic E-state index is -0.117. The molecule has 0 radical (unpaired) electrons. The molecule has 1 aliphatic rings. The molecule has 2 atom stereocenters. The predicted octanol–water partition coefficient (Wildman–Crippen LogP) is 2.92. The normalized spacial score (nSPS) is 19.6. The van der Waals surface area contributed by atoms with Crippen molar-refractivity contribution in [3.63, 3.8) is 0 Å². The lowest BCUT2D eigenvalue weighted by molar-refractivity contribution is 0.139. The first-order chi connectivity index (χ1) is 12.1. The van der Waals surface area contributed by atoms with Gasteiger partial charge in [0, 0.05) is 25.7 Å². The number of rotatable bonds is 8. The molecule has 25 heavy (non-hydrogen) atoms. The second-order valence-corrected chi connectivity index (χ2v) is 7.28. The highest BCUT2D eigenvalue weighted by Gasteiger charge is 2.22. The quantitative estimate of drug-likeness (QED) is 0.677. The molecule has 0 saturated carbocycles. The van der Waals surface area contributed by atoms with E-state index in [-0.39, 0.29) is 18.7 Å². The Labute approximate surface area is 151 Å². The Morgan fingerprint density at radius 2 is 2.08 bits per heavy atom. The highest BCUT2D eigenvalue weighted by atomic mass is 16.3. The first kappa shape index (κ1) is 19.7. The Morgan fingerprint density at radius 1 is 1.32 bits per heavy atom. The summed E-state index contributed by atoms with van der Waals surface area (Å²) in [6, 6.07) is 10.3. The maximum absolute atomic E-state index is 12.3. The number of piperidine rings is 1. The number of urea groups is 1. The minimum absolute atomic E-state index is 0.0631. The van der Waals surface area contributed by atoms with Gasteiger partial charge in [0.1, 0.15) is 0 Å². The third-order valence-electron chi connectivity index (χ3n) is 4.99. The first-order valence-corrected chi connectivity index (χ1v) is 9.54. The van der Waals surface area contributed by atoms with E-state index in [1.165, 1.54) is 12.8 Å². The van der Waals surface area contributed by atoms with E-state index in [2.05, 4.69) is 29.4 Å². The number of hydrogen-bond acceptors (Lipinski definition) is 3. The van der Waals surface area contributed by atoms with Crippen LogP contribution >= 0.6 is 0 Å². The zero-order valence-electron chi connectivity index (χ0n) is 15.6. The predicted molar refractivity (Wildman–Crippen MR) is 101 cm³/mol. The fraction of sp³-hybridized carbons (Fsp3) is 0.650. The number of benzene rings is 1. The van der Waals surface area contributed by atoms with Gasteiger partial charge < -0.3 is 20.6 Å². The van der Waals surface area contributed by atoms with Crippen molar-refractivity contribution < 1.29 is 9.90 Å². The van der Waals surface area contributed by atoms with Crippen LogP contribution < -0.4 is 10.6 Å². The molecule has 1 fully saturated rings. The van der Waals surface area contributed by atoms with E-state index in [1.807, 2.05) is 30.3 Å². The number of likely N-dealkylation sites (tertiary alicyclic amines) is 1. The second-order valence-electron chi connectivity index (χ2n) is 7.28. The third-order valence-corrected chi connectivity index (χ3v) is 4.99. The average Bonchev–Trinajstić information content (AvgIpc) is 2.64. The van der Waals surface area contributed by atoms with E-state index >= 15 is 0 Å². The second kappa shape index (κ2) is 10.4. The van der Waals surface area contributed by atoms with Crippen LogP contribution in [0.4, 0.5) is 4.79 Å². The molecule has 0 bridgehead atoms. The van der Waals surface area contributed by atoms with Crippen molar-refractivity contribution in [2.24, 2.45) is 5.92 Å². The number of carbonyl (C=O) groups is 1. The Kier molecular flexibility index (Phi) is 8.22. The molecule has 0 aliphatic carbocycles. The van der Waals surface area contributed by atoms with Gasteiger partial charge in [0.05, 0.1) is 6.04 Å². The van der Waals surface area contributed by atoms with Gasteiger partial charge in [-0.15, -0.1) is 0 Å². The van der Waals surface area contributed by atoms with Gasteiger partial charge in [-0.25, -0.2) is 4.79 Å². The summed E-state index contributed by atoms with van der Waals surface area (Å²) in [6.45, 7) is 7.54. The lowest BCUT2D eigenvalue weighted by Crippen LogP contribution is -2.46. The van der Waals surface area contributed by atoms with Crippen LogP contribution in [0.15, 0.2) is 30.3 Å². The minimum Gasteiger partial charge on any atom is -0.396 e. The monoisotopic (exact) mass is 347 g/mol. The third kappa shape index (κ3) is 6.67. The van der Waals surface area contributed by atoms with Crippen LogP contribution in [-0.2, 0) is 0 Å². The molecular weight excluding hydrogens is 314 g/mol. The molecule has 3 N–H and O–H groups in total. The van der Waals surface area contributed by atoms with E-state index in [0.29, 0.717) is 18.4 Å². The molecule has 1 heterocycles. The van der Waals surface area contributed by atoms with Gasteiger partial charge in [-0.3, -0.25) is 0 Å². The molecule has 5 heteroatoms. The number of carbonyl (C=O) groups excluding carboxylic acids is 1. The largest absolute Gasteiger partial charge is 0.396 e. The number of amides is 2. The summed E-state index contributed by atoms with van der Waals surface area (Å²) in [5, 5.41) is 15.2. The van der Waals surface area contributed by atoms with Crippen LogP contribution in [0.5, 0.6) is 0 Å². The molecule has 0 spiro atoms. The van der Waals surface area contributed by atoms with Crippen molar-refractivity contribution in [2.45, 2.75) is 51.6 Å². The van der Waals surface area contributed by atoms with Gasteiger partial charge in [0.15, 0.2) is 0 Å². The molecule has 1 aliphatic heterocycles. The summed E-state index contributed by atoms with van der Waals surface area (Å²) < 4.78 is 0. The summed E-state index contributed by atoms with van der Waals surface area (Å²) in [6.07, 6.45) is 3.79. The van der Waals surface area contributed by atoms with E-state index in [0.717, 1.165) is 31.6 Å². The Hall–Kier alpha value is -1.59. The standard InChI is InChI=1S/C20H33N3O2/c1-16(2)23-12-6-8-17(15-23)14-21-20(25)22-19(11-7-13-24)18-9-4-3-5-10-18/h3-5,9-10,16-17,19,24H,6-8,11-15H2,1-2H3,(H2,21,22,25). The van der Waals surface area contributed by atoms with Gasteiger partial charge in [0.2, 0.25) is 0 Å². The molecular formula is C20H33N3O2. The highest BCUT2D eigenvalue weighted by Crippen LogP contribution is 2.19. The maximum Gasteiger partial charge on any atom is 0.315 e. The number of aliphatic hydroxyl groups excluding tert-OH is 1. The van der Waals surface area contributed by atoms with Crippen molar-refractivity contribution in [1.29, 1.82) is 0 Å².